The van der Waals surface area contributed by atoms with Crippen LogP contribution in [0.2, 0.25) is 0 Å². The number of aliphatic carboxylic acids is 1. The SMILES string of the molecule is CC1=C(C)C[C@@H](C(=O)NCC2CCCCC2)[C@@H](C(=O)O)C1. The summed E-state index contributed by atoms with van der Waals surface area (Å²) in [5, 5.41) is 12.4. The van der Waals surface area contributed by atoms with E-state index in [1.165, 1.54) is 37.7 Å². The molecule has 0 radical (unpaired) electrons. The van der Waals surface area contributed by atoms with Gasteiger partial charge < -0.3 is 10.4 Å². The minimum Gasteiger partial charge on any atom is -0.481 e. The molecule has 0 heterocycles. The van der Waals surface area contributed by atoms with Gasteiger partial charge in [-0.05, 0) is 45.4 Å². The third-order valence-electron chi connectivity index (χ3n) is 5.21. The lowest BCUT2D eigenvalue weighted by Gasteiger charge is -2.30. The van der Waals surface area contributed by atoms with E-state index in [4.69, 9.17) is 0 Å². The summed E-state index contributed by atoms with van der Waals surface area (Å²) < 4.78 is 0. The Balaban J connectivity index is 1.94. The summed E-state index contributed by atoms with van der Waals surface area (Å²) in [7, 11) is 0. The van der Waals surface area contributed by atoms with Crippen molar-refractivity contribution in [2.24, 2.45) is 17.8 Å². The Morgan fingerprint density at radius 2 is 1.62 bits per heavy atom. The largest absolute Gasteiger partial charge is 0.481 e. The first kappa shape index (κ1) is 16.1. The highest BCUT2D eigenvalue weighted by Gasteiger charge is 2.37. The van der Waals surface area contributed by atoms with Crippen LogP contribution in [0.5, 0.6) is 0 Å². The van der Waals surface area contributed by atoms with E-state index in [1.807, 2.05) is 13.8 Å². The molecule has 0 aromatic heterocycles. The summed E-state index contributed by atoms with van der Waals surface area (Å²) in [6, 6.07) is 0. The molecule has 0 bridgehead atoms. The van der Waals surface area contributed by atoms with Gasteiger partial charge in [-0.3, -0.25) is 9.59 Å². The second kappa shape index (κ2) is 7.10. The van der Waals surface area contributed by atoms with Crippen molar-refractivity contribution in [2.75, 3.05) is 6.54 Å². The summed E-state index contributed by atoms with van der Waals surface area (Å²) in [5.41, 5.74) is 2.30. The molecule has 2 atom stereocenters. The van der Waals surface area contributed by atoms with Crippen LogP contribution in [-0.2, 0) is 9.59 Å². The maximum atomic E-state index is 12.4. The molecule has 4 nitrogen and oxygen atoms in total. The first-order valence-electron chi connectivity index (χ1n) is 8.14. The molecule has 1 saturated carbocycles. The van der Waals surface area contributed by atoms with Crippen molar-refractivity contribution in [2.45, 2.75) is 58.8 Å². The molecule has 0 aromatic rings. The van der Waals surface area contributed by atoms with Crippen molar-refractivity contribution in [3.05, 3.63) is 11.1 Å². The molecule has 0 unspecified atom stereocenters. The number of hydrogen-bond donors (Lipinski definition) is 2. The Labute approximate surface area is 127 Å². The standard InChI is InChI=1S/C17H27NO3/c1-11-8-14(15(17(20)21)9-12(11)2)16(19)18-10-13-6-4-3-5-7-13/h13-15H,3-10H2,1-2H3,(H,18,19)(H,20,21)/t14-,15+/m1/s1. The zero-order valence-electron chi connectivity index (χ0n) is 13.2. The Kier molecular flexibility index (Phi) is 5.43. The van der Waals surface area contributed by atoms with Crippen LogP contribution in [-0.4, -0.2) is 23.5 Å². The number of nitrogens with one attached hydrogen (secondary N) is 1. The highest BCUT2D eigenvalue weighted by atomic mass is 16.4. The predicted octanol–water partition coefficient (Wildman–Crippen LogP) is 3.13. The fourth-order valence-corrected chi connectivity index (χ4v) is 3.59. The molecule has 0 saturated heterocycles. The molecular formula is C17H27NO3. The predicted molar refractivity (Wildman–Crippen MR) is 81.8 cm³/mol. The fourth-order valence-electron chi connectivity index (χ4n) is 3.59. The van der Waals surface area contributed by atoms with Gasteiger partial charge in [0.15, 0.2) is 0 Å². The van der Waals surface area contributed by atoms with Gasteiger partial charge in [-0.25, -0.2) is 0 Å². The van der Waals surface area contributed by atoms with Crippen molar-refractivity contribution in [3.8, 4) is 0 Å². The highest BCUT2D eigenvalue weighted by Crippen LogP contribution is 2.34. The van der Waals surface area contributed by atoms with Crippen molar-refractivity contribution < 1.29 is 14.7 Å². The molecular weight excluding hydrogens is 266 g/mol. The summed E-state index contributed by atoms with van der Waals surface area (Å²) in [5.74, 6) is -1.32. The lowest BCUT2D eigenvalue weighted by atomic mass is 9.76. The average molecular weight is 293 g/mol. The van der Waals surface area contributed by atoms with E-state index in [0.29, 0.717) is 25.3 Å². The van der Waals surface area contributed by atoms with Gasteiger partial charge in [0.2, 0.25) is 5.91 Å². The van der Waals surface area contributed by atoms with E-state index < -0.39 is 17.8 Å². The molecule has 1 fully saturated rings. The van der Waals surface area contributed by atoms with E-state index in [-0.39, 0.29) is 5.91 Å². The second-order valence-corrected chi connectivity index (χ2v) is 6.77. The van der Waals surface area contributed by atoms with Gasteiger partial charge in [-0.15, -0.1) is 0 Å². The smallest absolute Gasteiger partial charge is 0.307 e. The van der Waals surface area contributed by atoms with E-state index >= 15 is 0 Å². The van der Waals surface area contributed by atoms with Crippen LogP contribution in [0.1, 0.15) is 58.8 Å². The van der Waals surface area contributed by atoms with Crippen LogP contribution >= 0.6 is 0 Å². The molecule has 2 aliphatic rings. The Bertz CT molecular complexity index is 435. The minimum absolute atomic E-state index is 0.0696. The number of amides is 1. The first-order valence-corrected chi connectivity index (χ1v) is 8.14. The van der Waals surface area contributed by atoms with Crippen LogP contribution in [0.3, 0.4) is 0 Å². The highest BCUT2D eigenvalue weighted by molar-refractivity contribution is 5.85. The third-order valence-corrected chi connectivity index (χ3v) is 5.21. The number of carboxylic acids is 1. The zero-order valence-corrected chi connectivity index (χ0v) is 13.2. The molecule has 0 aliphatic heterocycles. The fraction of sp³-hybridized carbons (Fsp3) is 0.765. The van der Waals surface area contributed by atoms with Gasteiger partial charge in [0, 0.05) is 6.54 Å². The molecule has 2 N–H and O–H groups in total. The van der Waals surface area contributed by atoms with E-state index in [2.05, 4.69) is 5.32 Å². The Morgan fingerprint density at radius 3 is 2.19 bits per heavy atom. The van der Waals surface area contributed by atoms with E-state index in [0.717, 1.165) is 5.57 Å². The van der Waals surface area contributed by atoms with Gasteiger partial charge in [-0.2, -0.15) is 0 Å². The second-order valence-electron chi connectivity index (χ2n) is 6.77. The van der Waals surface area contributed by atoms with Gasteiger partial charge in [-0.1, -0.05) is 30.4 Å². The Hall–Kier alpha value is -1.32. The quantitative estimate of drug-likeness (QED) is 0.783. The number of allylic oxidation sites excluding steroid dienone is 2. The molecule has 4 heteroatoms. The van der Waals surface area contributed by atoms with Crippen LogP contribution in [0.15, 0.2) is 11.1 Å². The summed E-state index contributed by atoms with van der Waals surface area (Å²) in [4.78, 5) is 23.8. The normalized spacial score (nSPS) is 27.5. The number of rotatable bonds is 4. The van der Waals surface area contributed by atoms with Gasteiger partial charge >= 0.3 is 5.97 Å². The maximum Gasteiger partial charge on any atom is 0.307 e. The minimum atomic E-state index is -0.848. The van der Waals surface area contributed by atoms with Crippen LogP contribution < -0.4 is 5.32 Å². The number of hydrogen-bond acceptors (Lipinski definition) is 2. The van der Waals surface area contributed by atoms with Gasteiger partial charge in [0.25, 0.3) is 0 Å². The number of carbonyl (C=O) groups is 2. The average Bonchev–Trinajstić information content (AvgIpc) is 2.48. The van der Waals surface area contributed by atoms with Gasteiger partial charge in [0.05, 0.1) is 11.8 Å². The van der Waals surface area contributed by atoms with Crippen LogP contribution in [0, 0.1) is 17.8 Å². The molecule has 2 rings (SSSR count). The molecule has 1 amide bonds. The first-order chi connectivity index (χ1) is 9.99. The summed E-state index contributed by atoms with van der Waals surface area (Å²) in [6.45, 7) is 4.69. The van der Waals surface area contributed by atoms with Gasteiger partial charge in [0.1, 0.15) is 0 Å². The van der Waals surface area contributed by atoms with Crippen LogP contribution in [0.4, 0.5) is 0 Å². The molecule has 118 valence electrons. The van der Waals surface area contributed by atoms with E-state index in [1.54, 1.807) is 0 Å². The zero-order chi connectivity index (χ0) is 15.4. The third kappa shape index (κ3) is 4.08. The number of carbonyl (C=O) groups excluding carboxylic acids is 1. The lowest BCUT2D eigenvalue weighted by molar-refractivity contribution is -0.147. The summed E-state index contributed by atoms with van der Waals surface area (Å²) >= 11 is 0. The van der Waals surface area contributed by atoms with Crippen molar-refractivity contribution in [1.29, 1.82) is 0 Å². The molecule has 2 aliphatic carbocycles. The van der Waals surface area contributed by atoms with Crippen molar-refractivity contribution >= 4 is 11.9 Å². The van der Waals surface area contributed by atoms with E-state index in [9.17, 15) is 14.7 Å². The monoisotopic (exact) mass is 293 g/mol. The molecule has 0 spiro atoms. The Morgan fingerprint density at radius 1 is 1.05 bits per heavy atom. The lowest BCUT2D eigenvalue weighted by Crippen LogP contribution is -2.41. The molecule has 21 heavy (non-hydrogen) atoms. The summed E-state index contributed by atoms with van der Waals surface area (Å²) in [6.07, 6.45) is 7.27. The van der Waals surface area contributed by atoms with Crippen molar-refractivity contribution in [1.82, 2.24) is 5.32 Å². The van der Waals surface area contributed by atoms with Crippen LogP contribution in [0.25, 0.3) is 0 Å². The molecule has 0 aromatic carbocycles. The maximum absolute atomic E-state index is 12.4. The topological polar surface area (TPSA) is 66.4 Å². The number of carboxylic acid groups (broad SMARTS) is 1. The van der Waals surface area contributed by atoms with Crippen molar-refractivity contribution in [3.63, 3.8) is 0 Å².